The molecule has 2 aliphatic rings. The number of benzene rings is 2. The van der Waals surface area contributed by atoms with E-state index in [9.17, 15) is 0 Å². The van der Waals surface area contributed by atoms with Crippen LogP contribution in [0.4, 0.5) is 0 Å². The number of hydrogen-bond acceptors (Lipinski definition) is 1. The van der Waals surface area contributed by atoms with Crippen LogP contribution >= 0.6 is 0 Å². The smallest absolute Gasteiger partial charge is 0.182 e. The molecule has 0 radical (unpaired) electrons. The molecule has 0 bridgehead atoms. The van der Waals surface area contributed by atoms with Gasteiger partial charge in [0, 0.05) is 6.00 Å². The van der Waals surface area contributed by atoms with Gasteiger partial charge in [-0.2, -0.15) is 0 Å². The van der Waals surface area contributed by atoms with Gasteiger partial charge in [0.25, 0.3) is 0 Å². The van der Waals surface area contributed by atoms with Crippen molar-refractivity contribution >= 4 is 6.71 Å². The van der Waals surface area contributed by atoms with E-state index in [1.165, 1.54) is 30.3 Å². The van der Waals surface area contributed by atoms with E-state index in [2.05, 4.69) is 67.6 Å². The minimum atomic E-state index is -0.247. The van der Waals surface area contributed by atoms with Crippen LogP contribution in [0, 0.1) is 0 Å². The van der Waals surface area contributed by atoms with Crippen LogP contribution in [0.15, 0.2) is 60.7 Å². The third-order valence-corrected chi connectivity index (χ3v) is 5.47. The molecule has 0 N–H and O–H groups in total. The molecular weight excluding hydrogens is 255 g/mol. The SMILES string of the molecule is C[C@@H]1OC(c2ccccc2)(c2ccccc2)[C@H]2CCCB12. The van der Waals surface area contributed by atoms with Crippen LogP contribution in [-0.2, 0) is 10.3 Å². The van der Waals surface area contributed by atoms with Crippen molar-refractivity contribution in [1.29, 1.82) is 0 Å². The van der Waals surface area contributed by atoms with Gasteiger partial charge in [-0.25, -0.2) is 0 Å². The fraction of sp³-hybridized carbons (Fsp3) is 0.368. The third kappa shape index (κ3) is 1.89. The molecule has 4 rings (SSSR count). The molecule has 0 unspecified atom stereocenters. The Kier molecular flexibility index (Phi) is 3.15. The lowest BCUT2D eigenvalue weighted by atomic mass is 9.37. The van der Waals surface area contributed by atoms with Crippen LogP contribution in [0.2, 0.25) is 12.1 Å². The highest BCUT2D eigenvalue weighted by atomic mass is 16.5. The summed E-state index contributed by atoms with van der Waals surface area (Å²) in [4.78, 5) is 0. The zero-order valence-corrected chi connectivity index (χ0v) is 12.5. The summed E-state index contributed by atoms with van der Waals surface area (Å²) in [6.45, 7) is 2.96. The molecule has 2 atom stereocenters. The second-order valence-electron chi connectivity index (χ2n) is 6.49. The van der Waals surface area contributed by atoms with Gasteiger partial charge in [-0.05, 0) is 23.9 Å². The molecule has 2 aromatic carbocycles. The van der Waals surface area contributed by atoms with Crippen LogP contribution < -0.4 is 0 Å². The van der Waals surface area contributed by atoms with E-state index in [0.29, 0.717) is 18.5 Å². The summed E-state index contributed by atoms with van der Waals surface area (Å²) >= 11 is 0. The van der Waals surface area contributed by atoms with E-state index in [4.69, 9.17) is 4.74 Å². The summed E-state index contributed by atoms with van der Waals surface area (Å²) in [7, 11) is 0. The molecule has 2 fully saturated rings. The quantitative estimate of drug-likeness (QED) is 0.731. The maximum absolute atomic E-state index is 6.69. The first-order valence-corrected chi connectivity index (χ1v) is 8.11. The summed E-state index contributed by atoms with van der Waals surface area (Å²) in [6.07, 6.45) is 3.93. The van der Waals surface area contributed by atoms with Crippen LogP contribution in [0.25, 0.3) is 0 Å². The topological polar surface area (TPSA) is 9.23 Å². The van der Waals surface area contributed by atoms with Crippen LogP contribution in [0.5, 0.6) is 0 Å². The highest BCUT2D eigenvalue weighted by Crippen LogP contribution is 2.57. The summed E-state index contributed by atoms with van der Waals surface area (Å²) in [5, 5.41) is 0. The van der Waals surface area contributed by atoms with Crippen molar-refractivity contribution in [1.82, 2.24) is 0 Å². The molecule has 1 nitrogen and oxygen atoms in total. The Morgan fingerprint density at radius 1 is 0.952 bits per heavy atom. The molecule has 0 spiro atoms. The Bertz CT molecular complexity index is 570. The number of ether oxygens (including phenoxy) is 1. The summed E-state index contributed by atoms with van der Waals surface area (Å²) in [6, 6.07) is 22.0. The predicted molar refractivity (Wildman–Crippen MR) is 87.8 cm³/mol. The molecule has 2 aromatic rings. The van der Waals surface area contributed by atoms with Crippen molar-refractivity contribution in [3.05, 3.63) is 71.8 Å². The van der Waals surface area contributed by atoms with E-state index in [1.54, 1.807) is 0 Å². The minimum absolute atomic E-state index is 0.247. The van der Waals surface area contributed by atoms with Gasteiger partial charge in [0.1, 0.15) is 5.60 Å². The van der Waals surface area contributed by atoms with Crippen molar-refractivity contribution in [2.75, 3.05) is 0 Å². The Balaban J connectivity index is 1.92. The van der Waals surface area contributed by atoms with Gasteiger partial charge in [-0.15, -0.1) is 0 Å². The van der Waals surface area contributed by atoms with Crippen molar-refractivity contribution in [3.63, 3.8) is 0 Å². The Hall–Kier alpha value is -1.54. The molecule has 106 valence electrons. The molecule has 0 aliphatic carbocycles. The van der Waals surface area contributed by atoms with Crippen LogP contribution in [0.3, 0.4) is 0 Å². The highest BCUT2D eigenvalue weighted by Gasteiger charge is 2.58. The van der Waals surface area contributed by atoms with E-state index >= 15 is 0 Å². The Labute approximate surface area is 127 Å². The maximum Gasteiger partial charge on any atom is 0.182 e. The van der Waals surface area contributed by atoms with Crippen molar-refractivity contribution in [2.45, 2.75) is 43.5 Å². The number of rotatable bonds is 2. The maximum atomic E-state index is 6.69. The van der Waals surface area contributed by atoms with Crippen molar-refractivity contribution < 1.29 is 4.74 Å². The average molecular weight is 276 g/mol. The van der Waals surface area contributed by atoms with Crippen molar-refractivity contribution in [2.24, 2.45) is 0 Å². The first kappa shape index (κ1) is 13.2. The molecule has 0 aromatic heterocycles. The van der Waals surface area contributed by atoms with Gasteiger partial charge in [0.2, 0.25) is 0 Å². The summed E-state index contributed by atoms with van der Waals surface area (Å²) in [5.41, 5.74) is 2.39. The van der Waals surface area contributed by atoms with Gasteiger partial charge in [-0.1, -0.05) is 79.8 Å². The summed E-state index contributed by atoms with van der Waals surface area (Å²) < 4.78 is 6.69. The highest BCUT2D eigenvalue weighted by molar-refractivity contribution is 6.63. The molecule has 21 heavy (non-hydrogen) atoms. The lowest BCUT2D eigenvalue weighted by Crippen LogP contribution is -2.32. The van der Waals surface area contributed by atoms with Gasteiger partial charge in [0.15, 0.2) is 6.71 Å². The zero-order chi connectivity index (χ0) is 14.3. The van der Waals surface area contributed by atoms with Gasteiger partial charge in [0.05, 0.1) is 0 Å². The molecule has 2 heterocycles. The average Bonchev–Trinajstić information content (AvgIpc) is 3.13. The number of fused-ring (bicyclic) bond motifs is 1. The van der Waals surface area contributed by atoms with Crippen LogP contribution in [-0.4, -0.2) is 12.7 Å². The van der Waals surface area contributed by atoms with E-state index in [0.717, 1.165) is 0 Å². The van der Waals surface area contributed by atoms with Crippen LogP contribution in [0.1, 0.15) is 30.9 Å². The van der Waals surface area contributed by atoms with Gasteiger partial charge < -0.3 is 4.74 Å². The second kappa shape index (κ2) is 5.03. The van der Waals surface area contributed by atoms with Gasteiger partial charge in [-0.3, -0.25) is 0 Å². The monoisotopic (exact) mass is 276 g/mol. The molecular formula is C19H21BO. The fourth-order valence-corrected chi connectivity index (χ4v) is 4.63. The lowest BCUT2D eigenvalue weighted by Gasteiger charge is -2.36. The van der Waals surface area contributed by atoms with E-state index in [1.807, 2.05) is 0 Å². The molecule has 0 amide bonds. The minimum Gasteiger partial charge on any atom is -0.371 e. The summed E-state index contributed by atoms with van der Waals surface area (Å²) in [5.74, 6) is 0.609. The largest absolute Gasteiger partial charge is 0.371 e. The van der Waals surface area contributed by atoms with E-state index in [-0.39, 0.29) is 5.60 Å². The lowest BCUT2D eigenvalue weighted by molar-refractivity contribution is -0.0137. The molecule has 2 aliphatic heterocycles. The van der Waals surface area contributed by atoms with E-state index < -0.39 is 0 Å². The van der Waals surface area contributed by atoms with Gasteiger partial charge >= 0.3 is 0 Å². The first-order chi connectivity index (χ1) is 10.3. The fourth-order valence-electron chi connectivity index (χ4n) is 4.63. The second-order valence-corrected chi connectivity index (χ2v) is 6.49. The van der Waals surface area contributed by atoms with Crippen molar-refractivity contribution in [3.8, 4) is 0 Å². The number of hydrogen-bond donors (Lipinski definition) is 0. The predicted octanol–water partition coefficient (Wildman–Crippen LogP) is 4.55. The molecule has 0 saturated carbocycles. The molecule has 2 heteroatoms. The third-order valence-electron chi connectivity index (χ3n) is 5.47. The Morgan fingerprint density at radius 2 is 1.52 bits per heavy atom. The first-order valence-electron chi connectivity index (χ1n) is 8.11. The molecule has 2 saturated heterocycles. The normalized spacial score (nSPS) is 26.8. The zero-order valence-electron chi connectivity index (χ0n) is 12.5. The Morgan fingerprint density at radius 3 is 2.10 bits per heavy atom. The standard InChI is InChI=1S/C19H21BO/c1-15-20-14-8-13-18(20)19(21-15,16-9-4-2-5-10-16)17-11-6-3-7-12-17/h2-7,9-12,15,18H,8,13-14H2,1H3/t15-,18+/m0/s1.